The van der Waals surface area contributed by atoms with E-state index in [0.717, 1.165) is 0 Å². The molecule has 1 rings (SSSR count). The van der Waals surface area contributed by atoms with Crippen LogP contribution in [0.25, 0.3) is 0 Å². The van der Waals surface area contributed by atoms with Gasteiger partial charge in [-0.25, -0.2) is 0 Å². The molecule has 0 N–H and O–H groups in total. The number of hydrogen-bond donors (Lipinski definition) is 0. The smallest absolute Gasteiger partial charge is 0.241 e. The molecule has 0 aliphatic heterocycles. The van der Waals surface area contributed by atoms with Crippen molar-refractivity contribution in [3.05, 3.63) is 23.2 Å². The zero-order valence-corrected chi connectivity index (χ0v) is 9.97. The zero-order chi connectivity index (χ0) is 11.4. The molecule has 0 saturated carbocycles. The predicted molar refractivity (Wildman–Crippen MR) is 62.1 cm³/mol. The fourth-order valence-corrected chi connectivity index (χ4v) is 1.46. The van der Waals surface area contributed by atoms with Crippen LogP contribution in [-0.2, 0) is 4.79 Å². The highest BCUT2D eigenvalue weighted by Crippen LogP contribution is 2.28. The molecule has 82 valence electrons. The average molecular weight is 248 g/mol. The summed E-state index contributed by atoms with van der Waals surface area (Å²) in [4.78, 5) is 12.8. The lowest BCUT2D eigenvalue weighted by Gasteiger charge is -2.17. The first-order chi connectivity index (χ1) is 7.10. The molecule has 0 atom stereocenters. The minimum atomic E-state index is -0.180. The van der Waals surface area contributed by atoms with Crippen LogP contribution >= 0.6 is 23.2 Å². The van der Waals surface area contributed by atoms with Gasteiger partial charge < -0.3 is 9.64 Å². The molecule has 0 aliphatic rings. The largest absolute Gasteiger partial charge is 0.495 e. The second kappa shape index (κ2) is 5.24. The third-order valence-electron chi connectivity index (χ3n) is 2.01. The number of hydrogen-bond acceptors (Lipinski definition) is 2. The summed E-state index contributed by atoms with van der Waals surface area (Å²) in [5.41, 5.74) is 0.696. The van der Waals surface area contributed by atoms with Gasteiger partial charge in [-0.05, 0) is 12.1 Å². The van der Waals surface area contributed by atoms with Crippen LogP contribution in [0.2, 0.25) is 5.02 Å². The number of amides is 1. The normalized spacial score (nSPS) is 9.87. The van der Waals surface area contributed by atoms with Crippen LogP contribution in [0.15, 0.2) is 18.2 Å². The highest BCUT2D eigenvalue weighted by atomic mass is 35.5. The Morgan fingerprint density at radius 2 is 2.20 bits per heavy atom. The third kappa shape index (κ3) is 2.76. The molecule has 0 aromatic heterocycles. The Kier molecular flexibility index (Phi) is 4.24. The van der Waals surface area contributed by atoms with Gasteiger partial charge in [0.15, 0.2) is 0 Å². The topological polar surface area (TPSA) is 29.5 Å². The van der Waals surface area contributed by atoms with Crippen LogP contribution in [0.5, 0.6) is 5.75 Å². The summed E-state index contributed by atoms with van der Waals surface area (Å²) >= 11 is 11.3. The first-order valence-electron chi connectivity index (χ1n) is 4.26. The van der Waals surface area contributed by atoms with Crippen LogP contribution < -0.4 is 9.64 Å². The highest BCUT2D eigenvalue weighted by Gasteiger charge is 2.11. The van der Waals surface area contributed by atoms with Crippen molar-refractivity contribution in [2.45, 2.75) is 0 Å². The Bertz CT molecular complexity index is 368. The number of alkyl halides is 1. The van der Waals surface area contributed by atoms with Crippen molar-refractivity contribution in [1.82, 2.24) is 0 Å². The molecule has 0 heterocycles. The lowest BCUT2D eigenvalue weighted by atomic mass is 10.3. The molecule has 15 heavy (non-hydrogen) atoms. The van der Waals surface area contributed by atoms with Crippen molar-refractivity contribution in [3.8, 4) is 5.75 Å². The fraction of sp³-hybridized carbons (Fsp3) is 0.300. The number of nitrogens with zero attached hydrogens (tertiary/aromatic N) is 1. The van der Waals surface area contributed by atoms with Crippen molar-refractivity contribution in [2.24, 2.45) is 0 Å². The van der Waals surface area contributed by atoms with Gasteiger partial charge in [0.25, 0.3) is 0 Å². The van der Waals surface area contributed by atoms with Crippen LogP contribution in [0, 0.1) is 0 Å². The van der Waals surface area contributed by atoms with Gasteiger partial charge in [0.1, 0.15) is 11.6 Å². The standard InChI is InChI=1S/C10H11Cl2NO2/c1-13(10(14)6-11)7-3-4-8(12)9(5-7)15-2/h3-5H,6H2,1-2H3. The van der Waals surface area contributed by atoms with Gasteiger partial charge in [-0.1, -0.05) is 11.6 Å². The summed E-state index contributed by atoms with van der Waals surface area (Å²) in [5.74, 6) is 0.297. The Hall–Kier alpha value is -0.930. The van der Waals surface area contributed by atoms with Gasteiger partial charge >= 0.3 is 0 Å². The van der Waals surface area contributed by atoms with Crippen LogP contribution in [-0.4, -0.2) is 25.9 Å². The molecular weight excluding hydrogens is 237 g/mol. The molecule has 0 spiro atoms. The molecule has 1 aromatic carbocycles. The van der Waals surface area contributed by atoms with Crippen molar-refractivity contribution >= 4 is 34.8 Å². The van der Waals surface area contributed by atoms with Gasteiger partial charge in [-0.15, -0.1) is 11.6 Å². The van der Waals surface area contributed by atoms with E-state index in [9.17, 15) is 4.79 Å². The van der Waals surface area contributed by atoms with E-state index in [1.807, 2.05) is 0 Å². The molecule has 0 radical (unpaired) electrons. The lowest BCUT2D eigenvalue weighted by Crippen LogP contribution is -2.27. The molecule has 0 unspecified atom stereocenters. The number of rotatable bonds is 3. The van der Waals surface area contributed by atoms with E-state index in [0.29, 0.717) is 16.5 Å². The van der Waals surface area contributed by atoms with E-state index in [4.69, 9.17) is 27.9 Å². The summed E-state index contributed by atoms with van der Waals surface area (Å²) in [6.45, 7) is 0. The first kappa shape index (κ1) is 12.1. The zero-order valence-electron chi connectivity index (χ0n) is 8.46. The van der Waals surface area contributed by atoms with Gasteiger partial charge in [0.2, 0.25) is 5.91 Å². The maximum atomic E-state index is 11.3. The highest BCUT2D eigenvalue weighted by molar-refractivity contribution is 6.32. The molecule has 3 nitrogen and oxygen atoms in total. The van der Waals surface area contributed by atoms with E-state index in [2.05, 4.69) is 0 Å². The van der Waals surface area contributed by atoms with Crippen molar-refractivity contribution < 1.29 is 9.53 Å². The van der Waals surface area contributed by atoms with E-state index >= 15 is 0 Å². The minimum Gasteiger partial charge on any atom is -0.495 e. The third-order valence-corrected chi connectivity index (χ3v) is 2.55. The Labute approximate surface area is 98.5 Å². The fourth-order valence-electron chi connectivity index (χ4n) is 1.09. The Balaban J connectivity index is 3.00. The molecule has 0 bridgehead atoms. The molecule has 0 fully saturated rings. The maximum Gasteiger partial charge on any atom is 0.241 e. The summed E-state index contributed by atoms with van der Waals surface area (Å²) in [6.07, 6.45) is 0. The number of halogens is 2. The number of carbonyl (C=O) groups is 1. The van der Waals surface area contributed by atoms with Gasteiger partial charge in [0.05, 0.1) is 12.1 Å². The average Bonchev–Trinajstić information content (AvgIpc) is 2.27. The monoisotopic (exact) mass is 247 g/mol. The second-order valence-electron chi connectivity index (χ2n) is 2.91. The molecular formula is C10H11Cl2NO2. The minimum absolute atomic E-state index is 0.0541. The number of carbonyl (C=O) groups excluding carboxylic acids is 1. The molecule has 1 aromatic rings. The maximum absolute atomic E-state index is 11.3. The molecule has 1 amide bonds. The molecule has 5 heteroatoms. The summed E-state index contributed by atoms with van der Waals surface area (Å²) in [7, 11) is 3.17. The first-order valence-corrected chi connectivity index (χ1v) is 5.17. The summed E-state index contributed by atoms with van der Waals surface area (Å²) < 4.78 is 5.05. The second-order valence-corrected chi connectivity index (χ2v) is 3.58. The predicted octanol–water partition coefficient (Wildman–Crippen LogP) is 2.55. The number of benzene rings is 1. The van der Waals surface area contributed by atoms with E-state index in [1.54, 1.807) is 25.2 Å². The van der Waals surface area contributed by atoms with Crippen molar-refractivity contribution in [3.63, 3.8) is 0 Å². The Morgan fingerprint density at radius 1 is 1.53 bits per heavy atom. The van der Waals surface area contributed by atoms with E-state index in [1.165, 1.54) is 12.0 Å². The quantitative estimate of drug-likeness (QED) is 0.769. The van der Waals surface area contributed by atoms with Crippen LogP contribution in [0.3, 0.4) is 0 Å². The summed E-state index contributed by atoms with van der Waals surface area (Å²) in [6, 6.07) is 5.09. The van der Waals surface area contributed by atoms with Gasteiger partial charge in [-0.2, -0.15) is 0 Å². The van der Waals surface area contributed by atoms with Crippen LogP contribution in [0.4, 0.5) is 5.69 Å². The van der Waals surface area contributed by atoms with E-state index < -0.39 is 0 Å². The number of ether oxygens (including phenoxy) is 1. The SMILES string of the molecule is COc1cc(N(C)C(=O)CCl)ccc1Cl. The van der Waals surface area contributed by atoms with Gasteiger partial charge in [-0.3, -0.25) is 4.79 Å². The number of anilines is 1. The van der Waals surface area contributed by atoms with Crippen molar-refractivity contribution in [2.75, 3.05) is 24.9 Å². The van der Waals surface area contributed by atoms with Crippen LogP contribution in [0.1, 0.15) is 0 Å². The number of methoxy groups -OCH3 is 1. The Morgan fingerprint density at radius 3 is 2.73 bits per heavy atom. The molecule has 0 saturated heterocycles. The van der Waals surface area contributed by atoms with E-state index in [-0.39, 0.29) is 11.8 Å². The molecule has 0 aliphatic carbocycles. The van der Waals surface area contributed by atoms with Crippen molar-refractivity contribution in [1.29, 1.82) is 0 Å². The van der Waals surface area contributed by atoms with Gasteiger partial charge in [0, 0.05) is 18.8 Å². The lowest BCUT2D eigenvalue weighted by molar-refractivity contribution is -0.116. The summed E-state index contributed by atoms with van der Waals surface area (Å²) in [5, 5.41) is 0.507.